The van der Waals surface area contributed by atoms with Crippen LogP contribution in [0.4, 0.5) is 24.5 Å². The van der Waals surface area contributed by atoms with Gasteiger partial charge in [0.05, 0.1) is 18.8 Å². The van der Waals surface area contributed by atoms with Crippen LogP contribution < -0.4 is 21.9 Å². The highest BCUT2D eigenvalue weighted by molar-refractivity contribution is 6.11. The highest BCUT2D eigenvalue weighted by Crippen LogP contribution is 2.31. The van der Waals surface area contributed by atoms with Gasteiger partial charge in [-0.2, -0.15) is 13.2 Å². The topological polar surface area (TPSA) is 137 Å². The van der Waals surface area contributed by atoms with E-state index >= 15 is 0 Å². The maximum absolute atomic E-state index is 13.7. The summed E-state index contributed by atoms with van der Waals surface area (Å²) < 4.78 is 41.0. The number of piperazine rings is 1. The Hall–Kier alpha value is -4.65. The molecule has 10 nitrogen and oxygen atoms in total. The minimum atomic E-state index is -4.63. The fourth-order valence-electron chi connectivity index (χ4n) is 5.08. The van der Waals surface area contributed by atoms with Gasteiger partial charge in [-0.1, -0.05) is 13.0 Å². The number of carbonyl (C=O) groups is 2. The molecule has 0 atom stereocenters. The van der Waals surface area contributed by atoms with Gasteiger partial charge in [-0.25, -0.2) is 9.98 Å². The normalized spacial score (nSPS) is 19.0. The predicted molar refractivity (Wildman–Crippen MR) is 157 cm³/mol. The van der Waals surface area contributed by atoms with E-state index in [0.29, 0.717) is 47.6 Å². The van der Waals surface area contributed by atoms with E-state index in [0.717, 1.165) is 18.7 Å². The van der Waals surface area contributed by atoms with Gasteiger partial charge in [0.1, 0.15) is 11.4 Å². The van der Waals surface area contributed by atoms with Crippen LogP contribution in [0, 0.1) is 0 Å². The van der Waals surface area contributed by atoms with Gasteiger partial charge in [0.2, 0.25) is 5.91 Å². The molecule has 4 heterocycles. The van der Waals surface area contributed by atoms with Crippen LogP contribution in [0.25, 0.3) is 0 Å². The number of aromatic nitrogens is 1. The van der Waals surface area contributed by atoms with Crippen LogP contribution in [0.2, 0.25) is 0 Å². The standard InChI is InChI=1S/C30H31F3N8O2/c1-2-18-13-22(5-6-23(18)29(43)39-17-25(42)41-10-8-35-9-11-41)40-28-26-19(4-3-7-36-28)12-20(15-37-26)24-14-21(34)16-38-27(24)30(31,32)33/h3-7,13-15,35H,2,8-12,16-17,34H2,1H3,(H,39,43)/b24-20-,40-28?. The Bertz CT molecular complexity index is 1640. The van der Waals surface area contributed by atoms with Crippen molar-refractivity contribution in [2.75, 3.05) is 39.3 Å². The molecular weight excluding hydrogens is 561 g/mol. The molecule has 5 rings (SSSR count). The lowest BCUT2D eigenvalue weighted by molar-refractivity contribution is -0.130. The van der Waals surface area contributed by atoms with Crippen LogP contribution in [-0.4, -0.2) is 79.1 Å². The van der Waals surface area contributed by atoms with Gasteiger partial charge in [-0.3, -0.25) is 19.6 Å². The fraction of sp³-hybridized carbons (Fsp3) is 0.333. The van der Waals surface area contributed by atoms with E-state index in [2.05, 4.69) is 30.6 Å². The van der Waals surface area contributed by atoms with E-state index < -0.39 is 11.9 Å². The van der Waals surface area contributed by atoms with Crippen LogP contribution in [-0.2, 0) is 17.6 Å². The number of halogens is 3. The third-order valence-electron chi connectivity index (χ3n) is 7.26. The van der Waals surface area contributed by atoms with Crippen molar-refractivity contribution in [3.8, 4) is 0 Å². The molecule has 1 saturated heterocycles. The van der Waals surface area contributed by atoms with Crippen LogP contribution >= 0.6 is 0 Å². The summed E-state index contributed by atoms with van der Waals surface area (Å²) in [4.78, 5) is 44.3. The number of alkyl halides is 3. The number of benzene rings is 1. The number of hydrogen-bond donors (Lipinski definition) is 3. The Morgan fingerprint density at radius 2 is 1.98 bits per heavy atom. The first-order chi connectivity index (χ1) is 20.6. The van der Waals surface area contributed by atoms with Crippen LogP contribution in [0.1, 0.15) is 28.4 Å². The number of dihydropyridines is 1. The van der Waals surface area contributed by atoms with Crippen molar-refractivity contribution in [2.24, 2.45) is 20.7 Å². The number of aliphatic imine (C=N–C) groups is 2. The Balaban J connectivity index is 1.41. The molecule has 4 N–H and O–H groups in total. The average Bonchev–Trinajstić information content (AvgIpc) is 3.20. The summed E-state index contributed by atoms with van der Waals surface area (Å²) in [6.45, 7) is 4.29. The highest BCUT2D eigenvalue weighted by atomic mass is 19.4. The van der Waals surface area contributed by atoms with E-state index in [4.69, 9.17) is 5.73 Å². The van der Waals surface area contributed by atoms with Crippen molar-refractivity contribution < 1.29 is 22.8 Å². The Morgan fingerprint density at radius 3 is 2.72 bits per heavy atom. The van der Waals surface area contributed by atoms with Crippen molar-refractivity contribution in [3.63, 3.8) is 0 Å². The van der Waals surface area contributed by atoms with Gasteiger partial charge in [-0.15, -0.1) is 0 Å². The van der Waals surface area contributed by atoms with Crippen molar-refractivity contribution >= 4 is 35.1 Å². The van der Waals surface area contributed by atoms with Crippen LogP contribution in [0.15, 0.2) is 74.4 Å². The van der Waals surface area contributed by atoms with Crippen molar-refractivity contribution in [1.29, 1.82) is 0 Å². The molecule has 0 saturated carbocycles. The third kappa shape index (κ3) is 6.88. The lowest BCUT2D eigenvalue weighted by Gasteiger charge is -2.27. The fourth-order valence-corrected chi connectivity index (χ4v) is 5.08. The lowest BCUT2D eigenvalue weighted by atomic mass is 9.93. The molecule has 0 unspecified atom stereocenters. The second-order valence-corrected chi connectivity index (χ2v) is 10.2. The molecule has 0 spiro atoms. The molecular formula is C30H31F3N8O2. The van der Waals surface area contributed by atoms with Crippen LogP contribution in [0.5, 0.6) is 0 Å². The molecule has 224 valence electrons. The second kappa shape index (κ2) is 12.7. The first-order valence-corrected chi connectivity index (χ1v) is 13.9. The maximum atomic E-state index is 13.7. The Labute approximate surface area is 246 Å². The van der Waals surface area contributed by atoms with Gasteiger partial charge >= 0.3 is 6.18 Å². The zero-order valence-corrected chi connectivity index (χ0v) is 23.5. The summed E-state index contributed by atoms with van der Waals surface area (Å²) in [6.07, 6.45) is 0.288. The number of carbonyl (C=O) groups excluding carboxylic acids is 2. The van der Waals surface area contributed by atoms with Crippen molar-refractivity contribution in [3.05, 3.63) is 81.6 Å². The molecule has 0 radical (unpaired) electrons. The summed E-state index contributed by atoms with van der Waals surface area (Å²) in [5.41, 5.74) is 8.37. The maximum Gasteiger partial charge on any atom is 0.433 e. The Morgan fingerprint density at radius 1 is 1.19 bits per heavy atom. The van der Waals surface area contributed by atoms with Gasteiger partial charge in [-0.05, 0) is 53.5 Å². The van der Waals surface area contributed by atoms with Gasteiger partial charge in [0, 0.05) is 61.8 Å². The summed E-state index contributed by atoms with van der Waals surface area (Å²) >= 11 is 0. The van der Waals surface area contributed by atoms with Crippen LogP contribution in [0.3, 0.4) is 0 Å². The largest absolute Gasteiger partial charge is 0.433 e. The molecule has 3 aliphatic heterocycles. The summed E-state index contributed by atoms with van der Waals surface area (Å²) in [5.74, 6) is -0.477. The molecule has 1 fully saturated rings. The van der Waals surface area contributed by atoms with E-state index in [9.17, 15) is 22.8 Å². The number of nitrogens with zero attached hydrogens (tertiary/aromatic N) is 5. The monoisotopic (exact) mass is 592 g/mol. The van der Waals surface area contributed by atoms with E-state index in [-0.39, 0.29) is 48.1 Å². The number of hydrogen-bond acceptors (Lipinski definition) is 8. The minimum absolute atomic E-state index is 0.0838. The molecule has 2 amide bonds. The number of aryl methyl sites for hydroxylation is 1. The minimum Gasteiger partial charge on any atom is -0.400 e. The number of rotatable bonds is 5. The molecule has 3 aliphatic rings. The van der Waals surface area contributed by atoms with E-state index in [1.54, 1.807) is 41.4 Å². The van der Waals surface area contributed by atoms with Crippen molar-refractivity contribution in [2.45, 2.75) is 25.9 Å². The predicted octanol–water partition coefficient (Wildman–Crippen LogP) is 2.45. The average molecular weight is 593 g/mol. The number of nitrogens with two attached hydrogens (primary N) is 1. The molecule has 0 aliphatic carbocycles. The van der Waals surface area contributed by atoms with Gasteiger partial charge in [0.25, 0.3) is 5.91 Å². The summed E-state index contributed by atoms with van der Waals surface area (Å²) in [7, 11) is 0. The van der Waals surface area contributed by atoms with Gasteiger partial charge < -0.3 is 21.3 Å². The number of fused-ring (bicyclic) bond motifs is 1. The number of nitrogens with one attached hydrogen (secondary N) is 2. The lowest BCUT2D eigenvalue weighted by Crippen LogP contribution is -2.49. The third-order valence-corrected chi connectivity index (χ3v) is 7.26. The van der Waals surface area contributed by atoms with Gasteiger partial charge in [0.15, 0.2) is 5.49 Å². The van der Waals surface area contributed by atoms with E-state index in [1.165, 1.54) is 12.3 Å². The van der Waals surface area contributed by atoms with E-state index in [1.807, 2.05) is 6.92 Å². The number of allylic oxidation sites excluding steroid dienone is 3. The molecule has 1 aromatic heterocycles. The molecule has 13 heteroatoms. The second-order valence-electron chi connectivity index (χ2n) is 10.2. The first kappa shape index (κ1) is 29.8. The molecule has 1 aromatic carbocycles. The quantitative estimate of drug-likeness (QED) is 0.490. The molecule has 2 aromatic rings. The smallest absolute Gasteiger partial charge is 0.400 e. The number of amides is 2. The van der Waals surface area contributed by atoms with Crippen molar-refractivity contribution in [1.82, 2.24) is 20.5 Å². The summed E-state index contributed by atoms with van der Waals surface area (Å²) in [6, 6.07) is 8.52. The summed E-state index contributed by atoms with van der Waals surface area (Å²) in [5, 5.41) is 5.91. The zero-order valence-electron chi connectivity index (χ0n) is 23.5. The SMILES string of the molecule is CCc1cc(N=c2ncccc3c2N=C/C(=C2/C=C(N)CN=C2C(F)(F)F)C3)ccc1C(=O)NCC(=O)N1CCNCC1. The molecule has 0 bridgehead atoms. The zero-order chi connectivity index (χ0) is 30.6. The highest BCUT2D eigenvalue weighted by Gasteiger charge is 2.39. The Kier molecular flexibility index (Phi) is 8.81. The first-order valence-electron chi connectivity index (χ1n) is 13.9. The molecule has 43 heavy (non-hydrogen) atoms.